The maximum atomic E-state index is 13.1. The minimum absolute atomic E-state index is 0.103. The highest BCUT2D eigenvalue weighted by Gasteiger charge is 2.32. The number of carbonyl (C=O) groups is 1. The molecule has 3 rings (SSSR count). The standard InChI is InChI=1S/C21H26N2O5S/c1-4-22-29(25,26)17-10-7-15(8-11-17)21(24)23-13-5-6-19(23)18-12-9-16(27-2)14-20(18)28-3/h7-12,14,19,22H,4-6,13H2,1-3H3. The van der Waals surface area contributed by atoms with Gasteiger partial charge < -0.3 is 14.4 Å². The van der Waals surface area contributed by atoms with Crippen LogP contribution in [0.15, 0.2) is 47.4 Å². The highest BCUT2D eigenvalue weighted by molar-refractivity contribution is 7.89. The molecule has 0 spiro atoms. The summed E-state index contributed by atoms with van der Waals surface area (Å²) in [7, 11) is -0.347. The van der Waals surface area contributed by atoms with Crippen LogP contribution in [0.1, 0.15) is 41.7 Å². The first-order valence-electron chi connectivity index (χ1n) is 9.54. The second-order valence-electron chi connectivity index (χ2n) is 6.79. The molecular formula is C21H26N2O5S. The van der Waals surface area contributed by atoms with E-state index in [0.717, 1.165) is 18.4 Å². The zero-order valence-corrected chi connectivity index (χ0v) is 17.7. The van der Waals surface area contributed by atoms with Crippen molar-refractivity contribution in [2.75, 3.05) is 27.3 Å². The van der Waals surface area contributed by atoms with Crippen LogP contribution in [0.3, 0.4) is 0 Å². The van der Waals surface area contributed by atoms with Crippen LogP contribution < -0.4 is 14.2 Å². The smallest absolute Gasteiger partial charge is 0.254 e. The van der Waals surface area contributed by atoms with E-state index in [1.54, 1.807) is 33.3 Å². The number of likely N-dealkylation sites (tertiary alicyclic amines) is 1. The third-order valence-corrected chi connectivity index (χ3v) is 6.62. The van der Waals surface area contributed by atoms with Gasteiger partial charge in [-0.3, -0.25) is 4.79 Å². The van der Waals surface area contributed by atoms with E-state index in [9.17, 15) is 13.2 Å². The van der Waals surface area contributed by atoms with Crippen molar-refractivity contribution >= 4 is 15.9 Å². The summed E-state index contributed by atoms with van der Waals surface area (Å²) in [4.78, 5) is 15.1. The lowest BCUT2D eigenvalue weighted by atomic mass is 10.0. The van der Waals surface area contributed by atoms with Crippen LogP contribution in [0, 0.1) is 0 Å². The van der Waals surface area contributed by atoms with Gasteiger partial charge in [0.2, 0.25) is 10.0 Å². The van der Waals surface area contributed by atoms with Gasteiger partial charge in [0.25, 0.3) is 5.91 Å². The Morgan fingerprint density at radius 2 is 1.86 bits per heavy atom. The first-order chi connectivity index (χ1) is 13.9. The predicted octanol–water partition coefficient (Wildman–Crippen LogP) is 2.98. The van der Waals surface area contributed by atoms with Gasteiger partial charge in [-0.15, -0.1) is 0 Å². The Hall–Kier alpha value is -2.58. The molecule has 0 aliphatic carbocycles. The van der Waals surface area contributed by atoms with Gasteiger partial charge in [0.1, 0.15) is 11.5 Å². The first-order valence-corrected chi connectivity index (χ1v) is 11.0. The topological polar surface area (TPSA) is 84.9 Å². The fourth-order valence-corrected chi connectivity index (χ4v) is 4.68. The van der Waals surface area contributed by atoms with Crippen molar-refractivity contribution in [3.63, 3.8) is 0 Å². The molecule has 1 amide bonds. The Kier molecular flexibility index (Phi) is 6.44. The Balaban J connectivity index is 1.86. The molecule has 1 N–H and O–H groups in total. The van der Waals surface area contributed by atoms with Crippen LogP contribution in [-0.4, -0.2) is 46.5 Å². The maximum Gasteiger partial charge on any atom is 0.254 e. The van der Waals surface area contributed by atoms with Gasteiger partial charge in [0.05, 0.1) is 25.2 Å². The van der Waals surface area contributed by atoms with Gasteiger partial charge in [-0.2, -0.15) is 0 Å². The van der Waals surface area contributed by atoms with Crippen LogP contribution >= 0.6 is 0 Å². The van der Waals surface area contributed by atoms with E-state index < -0.39 is 10.0 Å². The number of ether oxygens (including phenoxy) is 2. The average molecular weight is 419 g/mol. The molecule has 156 valence electrons. The Bertz CT molecular complexity index is 973. The van der Waals surface area contributed by atoms with Crippen LogP contribution in [0.25, 0.3) is 0 Å². The van der Waals surface area contributed by atoms with E-state index in [0.29, 0.717) is 30.2 Å². The Morgan fingerprint density at radius 1 is 1.14 bits per heavy atom. The lowest BCUT2D eigenvalue weighted by Gasteiger charge is -2.26. The van der Waals surface area contributed by atoms with Crippen LogP contribution in [0.5, 0.6) is 11.5 Å². The molecule has 7 nitrogen and oxygen atoms in total. The minimum atomic E-state index is -3.54. The Morgan fingerprint density at radius 3 is 2.48 bits per heavy atom. The molecule has 1 unspecified atom stereocenters. The molecule has 1 aliphatic heterocycles. The van der Waals surface area contributed by atoms with E-state index >= 15 is 0 Å². The van der Waals surface area contributed by atoms with Gasteiger partial charge in [-0.05, 0) is 49.2 Å². The van der Waals surface area contributed by atoms with Crippen molar-refractivity contribution in [3.05, 3.63) is 53.6 Å². The number of methoxy groups -OCH3 is 2. The van der Waals surface area contributed by atoms with Gasteiger partial charge >= 0.3 is 0 Å². The second kappa shape index (κ2) is 8.84. The number of benzene rings is 2. The number of rotatable bonds is 7. The van der Waals surface area contributed by atoms with Crippen molar-refractivity contribution in [2.45, 2.75) is 30.7 Å². The summed E-state index contributed by atoms with van der Waals surface area (Å²) in [6.45, 7) is 2.66. The van der Waals surface area contributed by atoms with Gasteiger partial charge in [-0.25, -0.2) is 13.1 Å². The molecule has 0 aromatic heterocycles. The molecule has 1 fully saturated rings. The van der Waals surface area contributed by atoms with Crippen molar-refractivity contribution in [1.29, 1.82) is 0 Å². The average Bonchev–Trinajstić information content (AvgIpc) is 3.22. The van der Waals surface area contributed by atoms with Crippen molar-refractivity contribution in [3.8, 4) is 11.5 Å². The lowest BCUT2D eigenvalue weighted by Crippen LogP contribution is -2.31. The zero-order valence-electron chi connectivity index (χ0n) is 16.8. The number of nitrogens with one attached hydrogen (secondary N) is 1. The highest BCUT2D eigenvalue weighted by Crippen LogP contribution is 2.39. The van der Waals surface area contributed by atoms with Crippen LogP contribution in [-0.2, 0) is 10.0 Å². The van der Waals surface area contributed by atoms with E-state index in [-0.39, 0.29) is 16.8 Å². The number of amides is 1. The first kappa shape index (κ1) is 21.1. The third-order valence-electron chi connectivity index (χ3n) is 5.06. The molecule has 1 saturated heterocycles. The predicted molar refractivity (Wildman–Crippen MR) is 110 cm³/mol. The zero-order chi connectivity index (χ0) is 21.0. The molecule has 0 bridgehead atoms. The summed E-state index contributed by atoms with van der Waals surface area (Å²) in [5, 5.41) is 0. The SMILES string of the molecule is CCNS(=O)(=O)c1ccc(C(=O)N2CCCC2c2ccc(OC)cc2OC)cc1. The largest absolute Gasteiger partial charge is 0.497 e. The molecule has 8 heteroatoms. The quantitative estimate of drug-likeness (QED) is 0.747. The maximum absolute atomic E-state index is 13.1. The summed E-state index contributed by atoms with van der Waals surface area (Å²) in [5.74, 6) is 1.25. The minimum Gasteiger partial charge on any atom is -0.497 e. The number of nitrogens with zero attached hydrogens (tertiary/aromatic N) is 1. The highest BCUT2D eigenvalue weighted by atomic mass is 32.2. The normalized spacial score (nSPS) is 16.7. The molecule has 29 heavy (non-hydrogen) atoms. The van der Waals surface area contributed by atoms with Gasteiger partial charge in [-0.1, -0.05) is 6.92 Å². The van der Waals surface area contributed by atoms with E-state index in [2.05, 4.69) is 4.72 Å². The summed E-state index contributed by atoms with van der Waals surface area (Å²) >= 11 is 0. The van der Waals surface area contributed by atoms with Crippen molar-refractivity contribution in [1.82, 2.24) is 9.62 Å². The molecule has 0 radical (unpaired) electrons. The molecule has 2 aromatic rings. The number of hydrogen-bond acceptors (Lipinski definition) is 5. The molecule has 1 heterocycles. The molecule has 0 saturated carbocycles. The monoisotopic (exact) mass is 418 g/mol. The summed E-state index contributed by atoms with van der Waals surface area (Å²) in [6.07, 6.45) is 1.72. The number of sulfonamides is 1. The summed E-state index contributed by atoms with van der Waals surface area (Å²) < 4.78 is 37.4. The fourth-order valence-electron chi connectivity index (χ4n) is 3.64. The summed E-state index contributed by atoms with van der Waals surface area (Å²) in [6, 6.07) is 11.6. The van der Waals surface area contributed by atoms with Gasteiger partial charge in [0.15, 0.2) is 0 Å². The third kappa shape index (κ3) is 4.38. The van der Waals surface area contributed by atoms with Gasteiger partial charge in [0, 0.05) is 30.3 Å². The molecule has 1 aliphatic rings. The van der Waals surface area contributed by atoms with E-state index in [1.165, 1.54) is 12.1 Å². The van der Waals surface area contributed by atoms with E-state index in [1.807, 2.05) is 23.1 Å². The number of hydrogen-bond donors (Lipinski definition) is 1. The molecule has 2 aromatic carbocycles. The fraction of sp³-hybridized carbons (Fsp3) is 0.381. The second-order valence-corrected chi connectivity index (χ2v) is 8.56. The van der Waals surface area contributed by atoms with Crippen molar-refractivity contribution < 1.29 is 22.7 Å². The summed E-state index contributed by atoms with van der Waals surface area (Å²) in [5.41, 5.74) is 1.39. The lowest BCUT2D eigenvalue weighted by molar-refractivity contribution is 0.0734. The molecule has 1 atom stereocenters. The van der Waals surface area contributed by atoms with Crippen molar-refractivity contribution in [2.24, 2.45) is 0 Å². The van der Waals surface area contributed by atoms with Crippen LogP contribution in [0.2, 0.25) is 0 Å². The Labute approximate surface area is 171 Å². The van der Waals surface area contributed by atoms with E-state index in [4.69, 9.17) is 9.47 Å². The molecular weight excluding hydrogens is 392 g/mol. The van der Waals surface area contributed by atoms with Crippen LogP contribution in [0.4, 0.5) is 0 Å². The number of carbonyl (C=O) groups excluding carboxylic acids is 1.